The number of carbonyl (C=O) groups is 2. The molecule has 3 aliphatic rings. The molecule has 0 aliphatic carbocycles. The predicted molar refractivity (Wildman–Crippen MR) is 105 cm³/mol. The molecule has 8 nitrogen and oxygen atoms in total. The number of urea groups is 1. The van der Waals surface area contributed by atoms with Gasteiger partial charge >= 0.3 is 12.0 Å². The summed E-state index contributed by atoms with van der Waals surface area (Å²) in [6, 6.07) is 4.56. The lowest BCUT2D eigenvalue weighted by molar-refractivity contribution is -0.139. The molecule has 3 aliphatic heterocycles. The van der Waals surface area contributed by atoms with Gasteiger partial charge in [-0.15, -0.1) is 0 Å². The van der Waals surface area contributed by atoms with Gasteiger partial charge in [-0.2, -0.15) is 0 Å². The van der Waals surface area contributed by atoms with E-state index in [1.807, 2.05) is 9.80 Å². The second kappa shape index (κ2) is 8.34. The van der Waals surface area contributed by atoms with Gasteiger partial charge in [0.25, 0.3) is 0 Å². The maximum absolute atomic E-state index is 12.5. The molecule has 2 saturated heterocycles. The van der Waals surface area contributed by atoms with Crippen molar-refractivity contribution in [1.82, 2.24) is 20.1 Å². The number of fused-ring (bicyclic) bond motifs is 3. The Labute approximate surface area is 165 Å². The molecule has 2 amide bonds. The molecular formula is C20H29N5O3. The summed E-state index contributed by atoms with van der Waals surface area (Å²) in [6.45, 7) is 2.92. The molecule has 2 atom stereocenters. The highest BCUT2D eigenvalue weighted by molar-refractivity contribution is 5.74. The maximum atomic E-state index is 12.5. The first kappa shape index (κ1) is 19.0. The van der Waals surface area contributed by atoms with E-state index in [9.17, 15) is 9.59 Å². The Morgan fingerprint density at radius 1 is 1.25 bits per heavy atom. The van der Waals surface area contributed by atoms with E-state index >= 15 is 0 Å². The summed E-state index contributed by atoms with van der Waals surface area (Å²) in [5.74, 6) is 0.225. The molecule has 8 heteroatoms. The van der Waals surface area contributed by atoms with Crippen LogP contribution in [0.2, 0.25) is 0 Å². The highest BCUT2D eigenvalue weighted by Gasteiger charge is 2.41. The third kappa shape index (κ3) is 4.22. The number of nitrogens with one attached hydrogen (secondary N) is 2. The molecule has 0 aromatic carbocycles. The van der Waals surface area contributed by atoms with E-state index in [1.165, 1.54) is 5.56 Å². The van der Waals surface area contributed by atoms with Gasteiger partial charge in [-0.1, -0.05) is 6.07 Å². The fourth-order valence-corrected chi connectivity index (χ4v) is 4.66. The van der Waals surface area contributed by atoms with Gasteiger partial charge in [0.05, 0.1) is 6.54 Å². The third-order valence-electron chi connectivity index (χ3n) is 6.08. The molecule has 2 fully saturated rings. The number of likely N-dealkylation sites (tertiary alicyclic amines) is 1. The third-order valence-corrected chi connectivity index (χ3v) is 6.08. The van der Waals surface area contributed by atoms with Gasteiger partial charge < -0.3 is 20.6 Å². The van der Waals surface area contributed by atoms with Gasteiger partial charge in [-0.3, -0.25) is 9.69 Å². The lowest BCUT2D eigenvalue weighted by Gasteiger charge is -2.40. The number of aromatic nitrogens is 1. The van der Waals surface area contributed by atoms with Crippen LogP contribution in [0, 0.1) is 0 Å². The van der Waals surface area contributed by atoms with E-state index in [1.54, 1.807) is 0 Å². The summed E-state index contributed by atoms with van der Waals surface area (Å²) < 4.78 is 0. The SMILES string of the molecule is O=C(O)CN1C2CCC1CN(C(=O)NCCCc1ccc3c(n1)NCCC3)C2. The van der Waals surface area contributed by atoms with Gasteiger partial charge in [0.1, 0.15) is 5.82 Å². The van der Waals surface area contributed by atoms with Crippen LogP contribution in [0.5, 0.6) is 0 Å². The number of carbonyl (C=O) groups excluding carboxylic acids is 1. The standard InChI is InChI=1S/C20H29N5O3/c26-18(27)13-25-16-7-8-17(25)12-24(11-16)20(28)22-10-2-4-15-6-5-14-3-1-9-21-19(14)23-15/h5-6,16-17H,1-4,7-13H2,(H,21,23)(H,22,28)(H,26,27). The topological polar surface area (TPSA) is 97.8 Å². The lowest BCUT2D eigenvalue weighted by Crippen LogP contribution is -2.58. The number of amides is 2. The zero-order chi connectivity index (χ0) is 19.5. The number of piperazine rings is 1. The highest BCUT2D eigenvalue weighted by atomic mass is 16.4. The van der Waals surface area contributed by atoms with Crippen LogP contribution in [-0.4, -0.2) is 76.7 Å². The lowest BCUT2D eigenvalue weighted by atomic mass is 10.1. The van der Waals surface area contributed by atoms with Crippen molar-refractivity contribution >= 4 is 17.8 Å². The van der Waals surface area contributed by atoms with Crippen LogP contribution in [0.25, 0.3) is 0 Å². The number of aryl methyl sites for hydroxylation is 2. The Morgan fingerprint density at radius 3 is 2.79 bits per heavy atom. The average Bonchev–Trinajstić information content (AvgIpc) is 2.91. The van der Waals surface area contributed by atoms with E-state index in [0.717, 1.165) is 56.6 Å². The van der Waals surface area contributed by atoms with Crippen LogP contribution in [-0.2, 0) is 17.6 Å². The minimum absolute atomic E-state index is 0.0352. The average molecular weight is 387 g/mol. The molecule has 2 unspecified atom stereocenters. The molecule has 4 heterocycles. The predicted octanol–water partition coefficient (Wildman–Crippen LogP) is 1.32. The Hall–Kier alpha value is -2.35. The minimum atomic E-state index is -0.791. The number of rotatable bonds is 6. The zero-order valence-electron chi connectivity index (χ0n) is 16.2. The van der Waals surface area contributed by atoms with Gasteiger partial charge in [0.2, 0.25) is 0 Å². The van der Waals surface area contributed by atoms with Crippen LogP contribution in [0.3, 0.4) is 0 Å². The second-order valence-electron chi connectivity index (χ2n) is 8.03. The molecule has 4 rings (SSSR count). The molecule has 0 saturated carbocycles. The van der Waals surface area contributed by atoms with E-state index < -0.39 is 5.97 Å². The number of anilines is 1. The normalized spacial score (nSPS) is 23.8. The summed E-state index contributed by atoms with van der Waals surface area (Å²) in [7, 11) is 0. The highest BCUT2D eigenvalue weighted by Crippen LogP contribution is 2.29. The molecule has 152 valence electrons. The van der Waals surface area contributed by atoms with Crippen molar-refractivity contribution in [2.75, 3.05) is 38.0 Å². The van der Waals surface area contributed by atoms with Crippen LogP contribution >= 0.6 is 0 Å². The summed E-state index contributed by atoms with van der Waals surface area (Å²) in [5, 5.41) is 15.4. The minimum Gasteiger partial charge on any atom is -0.480 e. The Kier molecular flexibility index (Phi) is 5.66. The fourth-order valence-electron chi connectivity index (χ4n) is 4.66. The van der Waals surface area contributed by atoms with E-state index in [-0.39, 0.29) is 24.7 Å². The Bertz CT molecular complexity index is 727. The molecule has 0 radical (unpaired) electrons. The molecule has 1 aromatic rings. The Balaban J connectivity index is 1.21. The van der Waals surface area contributed by atoms with E-state index in [4.69, 9.17) is 10.1 Å². The molecule has 0 spiro atoms. The molecule has 28 heavy (non-hydrogen) atoms. The zero-order valence-corrected chi connectivity index (χ0v) is 16.2. The van der Waals surface area contributed by atoms with Gasteiger partial charge in [0.15, 0.2) is 0 Å². The number of hydrogen-bond donors (Lipinski definition) is 3. The van der Waals surface area contributed by atoms with Crippen molar-refractivity contribution in [1.29, 1.82) is 0 Å². The first-order valence-electron chi connectivity index (χ1n) is 10.3. The van der Waals surface area contributed by atoms with E-state index in [0.29, 0.717) is 19.6 Å². The smallest absolute Gasteiger partial charge is 0.317 e. The number of nitrogens with zero attached hydrogens (tertiary/aromatic N) is 3. The number of aliphatic carboxylic acids is 1. The molecule has 3 N–H and O–H groups in total. The van der Waals surface area contributed by atoms with Gasteiger partial charge in [-0.05, 0) is 50.2 Å². The molecule has 2 bridgehead atoms. The van der Waals surface area contributed by atoms with Crippen molar-refractivity contribution in [3.63, 3.8) is 0 Å². The second-order valence-corrected chi connectivity index (χ2v) is 8.03. The quantitative estimate of drug-likeness (QED) is 0.637. The summed E-state index contributed by atoms with van der Waals surface area (Å²) in [4.78, 5) is 32.1. The molecule has 1 aromatic heterocycles. The Morgan fingerprint density at radius 2 is 2.04 bits per heavy atom. The van der Waals surface area contributed by atoms with Gasteiger partial charge in [-0.25, -0.2) is 9.78 Å². The number of carboxylic acids is 1. The van der Waals surface area contributed by atoms with Crippen LogP contribution in [0.1, 0.15) is 36.9 Å². The fraction of sp³-hybridized carbons (Fsp3) is 0.650. The first-order valence-corrected chi connectivity index (χ1v) is 10.3. The first-order chi connectivity index (χ1) is 13.6. The number of hydrogen-bond acceptors (Lipinski definition) is 5. The van der Waals surface area contributed by atoms with Crippen LogP contribution in [0.4, 0.5) is 10.6 Å². The maximum Gasteiger partial charge on any atom is 0.317 e. The van der Waals surface area contributed by atoms with Crippen molar-refractivity contribution in [2.45, 2.75) is 50.6 Å². The van der Waals surface area contributed by atoms with Gasteiger partial charge in [0, 0.05) is 44.0 Å². The molecular weight excluding hydrogens is 358 g/mol. The number of pyridine rings is 1. The van der Waals surface area contributed by atoms with Crippen LogP contribution < -0.4 is 10.6 Å². The summed E-state index contributed by atoms with van der Waals surface area (Å²) in [6.07, 6.45) is 5.88. The van der Waals surface area contributed by atoms with Crippen molar-refractivity contribution in [2.24, 2.45) is 0 Å². The summed E-state index contributed by atoms with van der Waals surface area (Å²) in [5.41, 5.74) is 2.35. The largest absolute Gasteiger partial charge is 0.480 e. The van der Waals surface area contributed by atoms with Crippen molar-refractivity contribution in [3.8, 4) is 0 Å². The number of carboxylic acid groups (broad SMARTS) is 1. The van der Waals surface area contributed by atoms with Crippen LogP contribution in [0.15, 0.2) is 12.1 Å². The van der Waals surface area contributed by atoms with E-state index in [2.05, 4.69) is 22.8 Å². The monoisotopic (exact) mass is 387 g/mol. The van der Waals surface area contributed by atoms with Crippen molar-refractivity contribution < 1.29 is 14.7 Å². The summed E-state index contributed by atoms with van der Waals surface area (Å²) >= 11 is 0. The van der Waals surface area contributed by atoms with Crippen molar-refractivity contribution in [3.05, 3.63) is 23.4 Å².